The van der Waals surface area contributed by atoms with Crippen LogP contribution in [0.5, 0.6) is 0 Å². The number of ketones is 1. The average molecular weight is 234 g/mol. The van der Waals surface area contributed by atoms with E-state index in [9.17, 15) is 4.79 Å². The van der Waals surface area contributed by atoms with E-state index in [4.69, 9.17) is 18.0 Å². The van der Waals surface area contributed by atoms with Gasteiger partial charge in [-0.2, -0.15) is 0 Å². The van der Waals surface area contributed by atoms with Gasteiger partial charge in [-0.25, -0.2) is 0 Å². The molecule has 0 saturated carbocycles. The van der Waals surface area contributed by atoms with Crippen LogP contribution < -0.4 is 11.1 Å². The lowest BCUT2D eigenvalue weighted by Gasteiger charge is -2.10. The van der Waals surface area contributed by atoms with Gasteiger partial charge in [0.1, 0.15) is 4.99 Å². The number of nitrogens with two attached hydrogens (primary N) is 1. The molecule has 0 fully saturated rings. The van der Waals surface area contributed by atoms with E-state index in [1.165, 1.54) is 6.92 Å². The molecule has 3 N–H and O–H groups in total. The summed E-state index contributed by atoms with van der Waals surface area (Å²) in [5, 5.41) is 2.98. The Morgan fingerprint density at radius 3 is 2.25 bits per heavy atom. The number of rotatable bonds is 3. The minimum atomic E-state index is -0.131. The van der Waals surface area contributed by atoms with E-state index in [1.54, 1.807) is 6.92 Å². The lowest BCUT2D eigenvalue weighted by atomic mass is 10.1. The number of anilines is 1. The highest BCUT2D eigenvalue weighted by Gasteiger charge is 2.12. The van der Waals surface area contributed by atoms with Gasteiger partial charge in [-0.05, 0) is 26.0 Å². The first kappa shape index (κ1) is 12.4. The number of hydrogen-bond acceptors (Lipinski definition) is 3. The zero-order valence-electron chi connectivity index (χ0n) is 9.28. The molecule has 84 valence electrons. The molecule has 0 aliphatic rings. The molecular weight excluding hydrogens is 220 g/mol. The van der Waals surface area contributed by atoms with E-state index in [0.29, 0.717) is 16.3 Å². The Bertz CT molecular complexity index is 434. The average Bonchev–Trinajstić information content (AvgIpc) is 2.17. The Balaban J connectivity index is 2.88. The molecule has 0 atom stereocenters. The molecule has 1 rings (SSSR count). The summed E-state index contributed by atoms with van der Waals surface area (Å²) in [5.41, 5.74) is 7.27. The molecule has 3 nitrogen and oxygen atoms in total. The summed E-state index contributed by atoms with van der Waals surface area (Å²) in [5.74, 6) is -0.131. The van der Waals surface area contributed by atoms with Crippen molar-refractivity contribution < 1.29 is 4.79 Å². The molecule has 0 radical (unpaired) electrons. The topological polar surface area (TPSA) is 55.1 Å². The summed E-state index contributed by atoms with van der Waals surface area (Å²) < 4.78 is 0. The minimum absolute atomic E-state index is 0.131. The highest BCUT2D eigenvalue weighted by atomic mass is 32.1. The number of benzene rings is 1. The summed E-state index contributed by atoms with van der Waals surface area (Å²) >= 11 is 5.14. The Hall–Kier alpha value is -1.68. The second kappa shape index (κ2) is 5.42. The van der Waals surface area contributed by atoms with E-state index in [1.807, 2.05) is 30.3 Å². The zero-order valence-corrected chi connectivity index (χ0v) is 10.1. The van der Waals surface area contributed by atoms with Gasteiger partial charge in [-0.1, -0.05) is 30.4 Å². The standard InChI is InChI=1S/C12H14N2OS/c1-8(13)11(9(2)15)12(16)14-10-6-4-3-5-7-10/h3-7H,13H2,1-2H3,(H,14,16). The van der Waals surface area contributed by atoms with Gasteiger partial charge in [-0.3, -0.25) is 4.79 Å². The molecule has 0 bridgehead atoms. The first-order valence-corrected chi connectivity index (χ1v) is 5.27. The van der Waals surface area contributed by atoms with Crippen LogP contribution in [-0.2, 0) is 4.79 Å². The number of carbonyl (C=O) groups excluding carboxylic acids is 1. The summed E-state index contributed by atoms with van der Waals surface area (Å²) in [7, 11) is 0. The van der Waals surface area contributed by atoms with E-state index >= 15 is 0 Å². The molecule has 1 aromatic carbocycles. The number of thiocarbonyl (C=S) groups is 1. The van der Waals surface area contributed by atoms with Crippen LogP contribution in [-0.4, -0.2) is 10.8 Å². The molecule has 1 aromatic rings. The lowest BCUT2D eigenvalue weighted by molar-refractivity contribution is -0.113. The lowest BCUT2D eigenvalue weighted by Crippen LogP contribution is -2.20. The molecule has 0 unspecified atom stereocenters. The SMILES string of the molecule is CC(=O)C(C(=S)Nc1ccccc1)=C(C)N. The third kappa shape index (κ3) is 3.17. The van der Waals surface area contributed by atoms with Crippen molar-refractivity contribution in [2.45, 2.75) is 13.8 Å². The fraction of sp³-hybridized carbons (Fsp3) is 0.167. The van der Waals surface area contributed by atoms with E-state index in [0.717, 1.165) is 5.69 Å². The second-order valence-corrected chi connectivity index (χ2v) is 3.84. The van der Waals surface area contributed by atoms with Crippen LogP contribution in [0, 0.1) is 0 Å². The van der Waals surface area contributed by atoms with Crippen LogP contribution in [0.3, 0.4) is 0 Å². The predicted octanol–water partition coefficient (Wildman–Crippen LogP) is 2.25. The second-order valence-electron chi connectivity index (χ2n) is 3.43. The van der Waals surface area contributed by atoms with Crippen molar-refractivity contribution in [3.05, 3.63) is 41.6 Å². The van der Waals surface area contributed by atoms with Crippen molar-refractivity contribution in [1.29, 1.82) is 0 Å². The summed E-state index contributed by atoms with van der Waals surface area (Å²) in [6.07, 6.45) is 0. The van der Waals surface area contributed by atoms with Gasteiger partial charge in [0.05, 0.1) is 5.57 Å². The van der Waals surface area contributed by atoms with Crippen molar-refractivity contribution in [2.75, 3.05) is 5.32 Å². The van der Waals surface area contributed by atoms with Crippen LogP contribution in [0.25, 0.3) is 0 Å². The maximum absolute atomic E-state index is 11.4. The zero-order chi connectivity index (χ0) is 12.1. The van der Waals surface area contributed by atoms with Gasteiger partial charge < -0.3 is 11.1 Å². The molecule has 0 aromatic heterocycles. The van der Waals surface area contributed by atoms with Crippen molar-refractivity contribution in [3.63, 3.8) is 0 Å². The van der Waals surface area contributed by atoms with Crippen LogP contribution in [0.15, 0.2) is 41.6 Å². The smallest absolute Gasteiger partial charge is 0.164 e. The van der Waals surface area contributed by atoms with E-state index in [2.05, 4.69) is 5.32 Å². The number of carbonyl (C=O) groups is 1. The number of allylic oxidation sites excluding steroid dienone is 1. The fourth-order valence-electron chi connectivity index (χ4n) is 1.33. The van der Waals surface area contributed by atoms with E-state index < -0.39 is 0 Å². The number of Topliss-reactive ketones (excluding diaryl/α,β-unsaturated/α-hetero) is 1. The van der Waals surface area contributed by atoms with Gasteiger partial charge in [0, 0.05) is 11.4 Å². The Kier molecular flexibility index (Phi) is 4.19. The van der Waals surface area contributed by atoms with Crippen LogP contribution in [0.2, 0.25) is 0 Å². The molecule has 4 heteroatoms. The van der Waals surface area contributed by atoms with Crippen LogP contribution in [0.4, 0.5) is 5.69 Å². The molecule has 0 aliphatic heterocycles. The van der Waals surface area contributed by atoms with Gasteiger partial charge >= 0.3 is 0 Å². The quantitative estimate of drug-likeness (QED) is 0.622. The van der Waals surface area contributed by atoms with Gasteiger partial charge in [0.2, 0.25) is 0 Å². The molecule has 0 amide bonds. The molecule has 16 heavy (non-hydrogen) atoms. The monoisotopic (exact) mass is 234 g/mol. The van der Waals surface area contributed by atoms with Gasteiger partial charge in [-0.15, -0.1) is 0 Å². The van der Waals surface area contributed by atoms with E-state index in [-0.39, 0.29) is 5.78 Å². The van der Waals surface area contributed by atoms with Crippen molar-refractivity contribution in [1.82, 2.24) is 0 Å². The molecule has 0 heterocycles. The molecule has 0 spiro atoms. The molecular formula is C12H14N2OS. The van der Waals surface area contributed by atoms with Gasteiger partial charge in [0.25, 0.3) is 0 Å². The third-order valence-corrected chi connectivity index (χ3v) is 2.31. The fourth-order valence-corrected chi connectivity index (χ4v) is 1.75. The highest BCUT2D eigenvalue weighted by Crippen LogP contribution is 2.10. The first-order chi connectivity index (χ1) is 7.52. The summed E-state index contributed by atoms with van der Waals surface area (Å²) in [4.78, 5) is 11.7. The number of nitrogens with one attached hydrogen (secondary N) is 1. The van der Waals surface area contributed by atoms with Crippen molar-refractivity contribution in [3.8, 4) is 0 Å². The maximum atomic E-state index is 11.4. The molecule has 0 aliphatic carbocycles. The minimum Gasteiger partial charge on any atom is -0.402 e. The largest absolute Gasteiger partial charge is 0.402 e. The first-order valence-electron chi connectivity index (χ1n) is 4.86. The molecule has 0 saturated heterocycles. The van der Waals surface area contributed by atoms with Gasteiger partial charge in [0.15, 0.2) is 5.78 Å². The number of hydrogen-bond donors (Lipinski definition) is 2. The van der Waals surface area contributed by atoms with Crippen LogP contribution in [0.1, 0.15) is 13.8 Å². The predicted molar refractivity (Wildman–Crippen MR) is 70.2 cm³/mol. The number of para-hydroxylation sites is 1. The van der Waals surface area contributed by atoms with Crippen LogP contribution >= 0.6 is 12.2 Å². The Morgan fingerprint density at radius 1 is 1.25 bits per heavy atom. The Morgan fingerprint density at radius 2 is 1.81 bits per heavy atom. The normalized spacial score (nSPS) is 11.6. The maximum Gasteiger partial charge on any atom is 0.164 e. The Labute approximate surface area is 100 Å². The van der Waals surface area contributed by atoms with Crippen molar-refractivity contribution in [2.24, 2.45) is 5.73 Å². The summed E-state index contributed by atoms with van der Waals surface area (Å²) in [6.45, 7) is 3.11. The van der Waals surface area contributed by atoms with Crippen molar-refractivity contribution >= 4 is 28.7 Å². The third-order valence-electron chi connectivity index (χ3n) is 2.01. The highest BCUT2D eigenvalue weighted by molar-refractivity contribution is 7.81. The summed E-state index contributed by atoms with van der Waals surface area (Å²) in [6, 6.07) is 9.42.